The maximum Gasteiger partial charge on any atom is 1.00 e. The van der Waals surface area contributed by atoms with Crippen molar-refractivity contribution in [2.24, 2.45) is 5.92 Å². The zero-order valence-electron chi connectivity index (χ0n) is 20.8. The Morgan fingerprint density at radius 1 is 0.906 bits per heavy atom. The van der Waals surface area contributed by atoms with Gasteiger partial charge in [0.05, 0.1) is 19.8 Å². The standard InChI is InChI=1S/C23H45O7P.Na/c1-4-7-9-11-12-14-17-21(16-13-10-8-5-2)20-30-31(26,27)29-19-15-18-28-23(25)22(24)6-3;/h6,21,24H,4-5,7-20H2,1-3H3,(H,26,27);/q;+1/p-1. The number of aliphatic hydroxyl groups is 1. The molecule has 0 aliphatic heterocycles. The van der Waals surface area contributed by atoms with Gasteiger partial charge in [0.1, 0.15) is 0 Å². The van der Waals surface area contributed by atoms with Gasteiger partial charge in [0.2, 0.25) is 0 Å². The molecule has 0 rings (SSSR count). The first-order chi connectivity index (χ1) is 14.9. The predicted molar refractivity (Wildman–Crippen MR) is 122 cm³/mol. The molecule has 184 valence electrons. The topological polar surface area (TPSA) is 105 Å². The minimum absolute atomic E-state index is 0. The molecule has 0 bridgehead atoms. The Labute approximate surface area is 217 Å². The van der Waals surface area contributed by atoms with Crippen molar-refractivity contribution < 1.29 is 62.7 Å². The summed E-state index contributed by atoms with van der Waals surface area (Å²) in [5, 5.41) is 9.18. The summed E-state index contributed by atoms with van der Waals surface area (Å²) in [6.07, 6.45) is 15.3. The Balaban J connectivity index is 0. The van der Waals surface area contributed by atoms with E-state index in [0.717, 1.165) is 32.1 Å². The molecule has 0 saturated carbocycles. The van der Waals surface area contributed by atoms with Crippen molar-refractivity contribution in [3.8, 4) is 0 Å². The molecule has 32 heavy (non-hydrogen) atoms. The molecule has 9 heteroatoms. The van der Waals surface area contributed by atoms with E-state index in [9.17, 15) is 19.4 Å². The molecule has 0 heterocycles. The van der Waals surface area contributed by atoms with Gasteiger partial charge in [0.15, 0.2) is 5.76 Å². The van der Waals surface area contributed by atoms with E-state index in [-0.39, 0.29) is 61.7 Å². The van der Waals surface area contributed by atoms with Gasteiger partial charge >= 0.3 is 35.5 Å². The van der Waals surface area contributed by atoms with Gasteiger partial charge in [-0.25, -0.2) is 4.79 Å². The number of hydrogen-bond acceptors (Lipinski definition) is 7. The van der Waals surface area contributed by atoms with Crippen LogP contribution in [0.15, 0.2) is 11.8 Å². The molecule has 0 aliphatic rings. The molecule has 0 radical (unpaired) electrons. The average Bonchev–Trinajstić information content (AvgIpc) is 2.75. The number of phosphoric acid groups is 1. The predicted octanol–water partition coefficient (Wildman–Crippen LogP) is 3.22. The molecule has 0 amide bonds. The van der Waals surface area contributed by atoms with Crippen molar-refractivity contribution in [3.63, 3.8) is 0 Å². The van der Waals surface area contributed by atoms with Crippen LogP contribution < -0.4 is 34.5 Å². The smallest absolute Gasteiger partial charge is 0.756 e. The molecule has 2 atom stereocenters. The summed E-state index contributed by atoms with van der Waals surface area (Å²) in [5.74, 6) is -1.10. The number of aliphatic hydroxyl groups excluding tert-OH is 1. The van der Waals surface area contributed by atoms with Crippen molar-refractivity contribution in [2.45, 2.75) is 104 Å². The van der Waals surface area contributed by atoms with E-state index in [1.807, 2.05) is 0 Å². The minimum atomic E-state index is -4.39. The zero-order chi connectivity index (χ0) is 23.4. The van der Waals surface area contributed by atoms with Crippen molar-refractivity contribution in [1.82, 2.24) is 0 Å². The summed E-state index contributed by atoms with van der Waals surface area (Å²) in [7, 11) is -4.39. The van der Waals surface area contributed by atoms with Crippen LogP contribution in [-0.4, -0.2) is 30.9 Å². The summed E-state index contributed by atoms with van der Waals surface area (Å²) >= 11 is 0. The molecule has 0 fully saturated rings. The second kappa shape index (κ2) is 22.9. The monoisotopic (exact) mass is 486 g/mol. The van der Waals surface area contributed by atoms with Gasteiger partial charge in [-0.05, 0) is 31.8 Å². The molecule has 0 spiro atoms. The van der Waals surface area contributed by atoms with Crippen LogP contribution in [0.2, 0.25) is 0 Å². The molecule has 2 unspecified atom stereocenters. The van der Waals surface area contributed by atoms with Gasteiger partial charge in [-0.3, -0.25) is 4.57 Å². The maximum absolute atomic E-state index is 12.0. The first-order valence-corrected chi connectivity index (χ1v) is 13.4. The number of allylic oxidation sites excluding steroid dienone is 1. The van der Waals surface area contributed by atoms with E-state index < -0.39 is 19.6 Å². The maximum atomic E-state index is 12.0. The van der Waals surface area contributed by atoms with Crippen LogP contribution in [0.3, 0.4) is 0 Å². The average molecular weight is 487 g/mol. The summed E-state index contributed by atoms with van der Waals surface area (Å²) in [6.45, 7) is 5.86. The number of carbonyl (C=O) groups excluding carboxylic acids is 1. The van der Waals surface area contributed by atoms with E-state index in [1.54, 1.807) is 0 Å². The quantitative estimate of drug-likeness (QED) is 0.0663. The number of phosphoric ester groups is 1. The molecule has 0 saturated heterocycles. The molecular formula is C23H44NaO7P. The molecule has 0 aliphatic carbocycles. The molecule has 1 N–H and O–H groups in total. The van der Waals surface area contributed by atoms with Crippen LogP contribution in [0.25, 0.3) is 0 Å². The van der Waals surface area contributed by atoms with Crippen LogP contribution >= 0.6 is 7.82 Å². The number of unbranched alkanes of at least 4 members (excludes halogenated alkanes) is 8. The van der Waals surface area contributed by atoms with E-state index in [2.05, 4.69) is 13.8 Å². The SMILES string of the molecule is CC=C(O)C(=O)OCCCOP(=O)([O-])OCC(CCCCCC)CCCCCCCC.[Na+]. The second-order valence-corrected chi connectivity index (χ2v) is 9.42. The number of ether oxygens (including phenoxy) is 1. The Morgan fingerprint density at radius 2 is 1.44 bits per heavy atom. The Bertz CT molecular complexity index is 528. The fourth-order valence-electron chi connectivity index (χ4n) is 3.21. The third-order valence-corrected chi connectivity index (χ3v) is 6.12. The van der Waals surface area contributed by atoms with Gasteiger partial charge in [0, 0.05) is 6.42 Å². The first-order valence-electron chi connectivity index (χ1n) is 12.0. The third-order valence-electron chi connectivity index (χ3n) is 5.15. The van der Waals surface area contributed by atoms with Crippen LogP contribution in [0.5, 0.6) is 0 Å². The van der Waals surface area contributed by atoms with E-state index in [4.69, 9.17) is 13.8 Å². The summed E-state index contributed by atoms with van der Waals surface area (Å²) in [6, 6.07) is 0. The molecule has 0 aromatic carbocycles. The summed E-state index contributed by atoms with van der Waals surface area (Å²) in [4.78, 5) is 23.3. The van der Waals surface area contributed by atoms with Gasteiger partial charge in [-0.2, -0.15) is 0 Å². The van der Waals surface area contributed by atoms with Crippen LogP contribution in [-0.2, 0) is 23.1 Å². The fourth-order valence-corrected chi connectivity index (χ4v) is 4.03. The minimum Gasteiger partial charge on any atom is -0.756 e. The van der Waals surface area contributed by atoms with Gasteiger partial charge < -0.3 is 23.8 Å². The number of rotatable bonds is 21. The normalized spacial score (nSPS) is 14.4. The molecule has 7 nitrogen and oxygen atoms in total. The fraction of sp³-hybridized carbons (Fsp3) is 0.870. The van der Waals surface area contributed by atoms with Crippen molar-refractivity contribution in [2.75, 3.05) is 19.8 Å². The number of carbonyl (C=O) groups is 1. The van der Waals surface area contributed by atoms with E-state index in [1.165, 1.54) is 57.9 Å². The van der Waals surface area contributed by atoms with Crippen LogP contribution in [0.4, 0.5) is 0 Å². The Morgan fingerprint density at radius 3 is 2.00 bits per heavy atom. The summed E-state index contributed by atoms with van der Waals surface area (Å²) < 4.78 is 26.8. The number of esters is 1. The molecule has 0 aromatic heterocycles. The van der Waals surface area contributed by atoms with Crippen molar-refractivity contribution >= 4 is 13.8 Å². The Kier molecular flexibility index (Phi) is 24.5. The van der Waals surface area contributed by atoms with Crippen molar-refractivity contribution in [3.05, 3.63) is 11.8 Å². The first kappa shape index (κ1) is 34.3. The number of hydrogen-bond donors (Lipinski definition) is 1. The van der Waals surface area contributed by atoms with Gasteiger partial charge in [-0.15, -0.1) is 0 Å². The zero-order valence-corrected chi connectivity index (χ0v) is 23.7. The van der Waals surface area contributed by atoms with Crippen molar-refractivity contribution in [1.29, 1.82) is 0 Å². The van der Waals surface area contributed by atoms with E-state index >= 15 is 0 Å². The third kappa shape index (κ3) is 20.7. The summed E-state index contributed by atoms with van der Waals surface area (Å²) in [5.41, 5.74) is 0. The van der Waals surface area contributed by atoms with Gasteiger partial charge in [-0.1, -0.05) is 78.1 Å². The van der Waals surface area contributed by atoms with Crippen LogP contribution in [0, 0.1) is 5.92 Å². The van der Waals surface area contributed by atoms with Crippen LogP contribution in [0.1, 0.15) is 104 Å². The van der Waals surface area contributed by atoms with Gasteiger partial charge in [0.25, 0.3) is 7.82 Å². The molecule has 0 aromatic rings. The molecular weight excluding hydrogens is 442 g/mol. The largest absolute Gasteiger partial charge is 1.00 e. The second-order valence-electron chi connectivity index (χ2n) is 8.01. The van der Waals surface area contributed by atoms with E-state index in [0.29, 0.717) is 0 Å². The Hall–Kier alpha value is 0.120.